The molecule has 1 amide bonds. The molecule has 0 saturated heterocycles. The Hall–Kier alpha value is -1.59. The van der Waals surface area contributed by atoms with Crippen molar-refractivity contribution < 1.29 is 22.4 Å². The molecule has 1 rings (SSSR count). The molecule has 1 aromatic carbocycles. The highest BCUT2D eigenvalue weighted by molar-refractivity contribution is 5.94. The van der Waals surface area contributed by atoms with Crippen LogP contribution in [0.1, 0.15) is 10.4 Å². The van der Waals surface area contributed by atoms with E-state index in [2.05, 4.69) is 0 Å². The van der Waals surface area contributed by atoms with Crippen LogP contribution in [0.25, 0.3) is 0 Å². The molecule has 0 aliphatic carbocycles. The second-order valence-corrected chi connectivity index (χ2v) is 2.78. The van der Waals surface area contributed by atoms with E-state index in [0.29, 0.717) is 0 Å². The largest absolute Gasteiger partial charge is 0.405 e. The molecule has 0 radical (unpaired) electrons. The quantitative estimate of drug-likeness (QED) is 0.761. The number of hydrogen-bond donors (Lipinski definition) is 1. The maximum atomic E-state index is 12.9. The van der Waals surface area contributed by atoms with Crippen LogP contribution in [-0.2, 0) is 0 Å². The summed E-state index contributed by atoms with van der Waals surface area (Å²) in [4.78, 5) is 11.1. The molecule has 0 heterocycles. The number of halogens is 4. The molecule has 0 aromatic heterocycles. The lowest BCUT2D eigenvalue weighted by Gasteiger charge is -2.08. The third-order valence-corrected chi connectivity index (χ3v) is 1.57. The van der Waals surface area contributed by atoms with Crippen molar-refractivity contribution in [3.8, 4) is 0 Å². The molecule has 1 aromatic rings. The third kappa shape index (κ3) is 3.57. The molecule has 0 unspecified atom stereocenters. The van der Waals surface area contributed by atoms with Crippen molar-refractivity contribution in [3.63, 3.8) is 0 Å². The van der Waals surface area contributed by atoms with Crippen LogP contribution >= 0.6 is 0 Å². The van der Waals surface area contributed by atoms with Crippen molar-refractivity contribution in [1.29, 1.82) is 0 Å². The molecular weight excluding hydrogens is 214 g/mol. The normalized spacial score (nSPS) is 11.2. The van der Waals surface area contributed by atoms with E-state index in [-0.39, 0.29) is 0 Å². The maximum absolute atomic E-state index is 12.9. The molecule has 0 bridgehead atoms. The lowest BCUT2D eigenvalue weighted by atomic mass is 10.2. The first-order valence-corrected chi connectivity index (χ1v) is 3.99. The molecular formula is C9H7F4NO. The van der Waals surface area contributed by atoms with Gasteiger partial charge >= 0.3 is 6.18 Å². The van der Waals surface area contributed by atoms with Crippen LogP contribution in [0, 0.1) is 5.82 Å². The second-order valence-electron chi connectivity index (χ2n) is 2.78. The zero-order valence-corrected chi connectivity index (χ0v) is 7.44. The standard InChI is InChI=1S/C9H7F4NO/c10-7-4-2-1-3-6(7)8(15)14-5-9(11,12)13/h1-4H,5H2,(H,14,15). The van der Waals surface area contributed by atoms with Crippen LogP contribution in [0.5, 0.6) is 0 Å². The van der Waals surface area contributed by atoms with Gasteiger partial charge in [-0.05, 0) is 12.1 Å². The van der Waals surface area contributed by atoms with Crippen LogP contribution < -0.4 is 5.32 Å². The van der Waals surface area contributed by atoms with E-state index in [1.165, 1.54) is 12.1 Å². The van der Waals surface area contributed by atoms with Gasteiger partial charge in [-0.2, -0.15) is 13.2 Å². The Balaban J connectivity index is 2.66. The van der Waals surface area contributed by atoms with Crippen LogP contribution in [0.3, 0.4) is 0 Å². The first kappa shape index (κ1) is 11.5. The predicted octanol–water partition coefficient (Wildman–Crippen LogP) is 2.12. The van der Waals surface area contributed by atoms with Gasteiger partial charge in [-0.15, -0.1) is 0 Å². The number of carbonyl (C=O) groups excluding carboxylic acids is 1. The van der Waals surface area contributed by atoms with Gasteiger partial charge in [0.15, 0.2) is 0 Å². The van der Waals surface area contributed by atoms with Gasteiger partial charge in [0.1, 0.15) is 12.4 Å². The number of alkyl halides is 3. The molecule has 0 aliphatic rings. The Morgan fingerprint density at radius 3 is 2.40 bits per heavy atom. The zero-order valence-electron chi connectivity index (χ0n) is 7.44. The first-order chi connectivity index (χ1) is 6.90. The zero-order chi connectivity index (χ0) is 11.5. The van der Waals surface area contributed by atoms with Crippen molar-refractivity contribution in [2.75, 3.05) is 6.54 Å². The summed E-state index contributed by atoms with van der Waals surface area (Å²) in [5.41, 5.74) is -0.401. The number of benzene rings is 1. The van der Waals surface area contributed by atoms with Crippen molar-refractivity contribution in [1.82, 2.24) is 5.32 Å². The number of carbonyl (C=O) groups is 1. The summed E-state index contributed by atoms with van der Waals surface area (Å²) in [5, 5.41) is 1.58. The highest BCUT2D eigenvalue weighted by Crippen LogP contribution is 2.13. The number of nitrogens with one attached hydrogen (secondary N) is 1. The van der Waals surface area contributed by atoms with Gasteiger partial charge in [0, 0.05) is 0 Å². The van der Waals surface area contributed by atoms with E-state index in [0.717, 1.165) is 12.1 Å². The smallest absolute Gasteiger partial charge is 0.343 e. The van der Waals surface area contributed by atoms with Gasteiger partial charge in [-0.25, -0.2) is 4.39 Å². The summed E-state index contributed by atoms with van der Waals surface area (Å²) in [7, 11) is 0. The van der Waals surface area contributed by atoms with Crippen molar-refractivity contribution >= 4 is 5.91 Å². The highest BCUT2D eigenvalue weighted by Gasteiger charge is 2.28. The minimum Gasteiger partial charge on any atom is -0.343 e. The second kappa shape index (κ2) is 4.29. The van der Waals surface area contributed by atoms with Gasteiger partial charge in [0.25, 0.3) is 5.91 Å². The molecule has 2 nitrogen and oxygen atoms in total. The molecule has 0 aliphatic heterocycles. The van der Waals surface area contributed by atoms with Crippen molar-refractivity contribution in [2.24, 2.45) is 0 Å². The molecule has 6 heteroatoms. The summed E-state index contributed by atoms with van der Waals surface area (Å²) in [6.45, 7) is -1.47. The van der Waals surface area contributed by atoms with E-state index < -0.39 is 30.0 Å². The fourth-order valence-corrected chi connectivity index (χ4v) is 0.921. The molecule has 1 N–H and O–H groups in total. The van der Waals surface area contributed by atoms with E-state index in [4.69, 9.17) is 0 Å². The maximum Gasteiger partial charge on any atom is 0.405 e. The first-order valence-electron chi connectivity index (χ1n) is 3.99. The van der Waals surface area contributed by atoms with E-state index in [1.807, 2.05) is 0 Å². The molecule has 82 valence electrons. The lowest BCUT2D eigenvalue weighted by Crippen LogP contribution is -2.34. The van der Waals surface area contributed by atoms with Crippen LogP contribution in [0.2, 0.25) is 0 Å². The summed E-state index contributed by atoms with van der Waals surface area (Å²) in [6, 6.07) is 4.82. The fourth-order valence-electron chi connectivity index (χ4n) is 0.921. The summed E-state index contributed by atoms with van der Waals surface area (Å²) in [5.74, 6) is -1.93. The van der Waals surface area contributed by atoms with Crippen molar-refractivity contribution in [3.05, 3.63) is 35.6 Å². The van der Waals surface area contributed by atoms with Gasteiger partial charge < -0.3 is 5.32 Å². The average molecular weight is 221 g/mol. The van der Waals surface area contributed by atoms with Crippen LogP contribution in [0.4, 0.5) is 17.6 Å². The Morgan fingerprint density at radius 1 is 1.27 bits per heavy atom. The molecule has 0 atom stereocenters. The monoisotopic (exact) mass is 221 g/mol. The Bertz CT molecular complexity index is 361. The molecule has 0 fully saturated rings. The number of rotatable bonds is 2. The minimum atomic E-state index is -4.50. The minimum absolute atomic E-state index is 0.401. The Morgan fingerprint density at radius 2 is 1.87 bits per heavy atom. The predicted molar refractivity (Wildman–Crippen MR) is 44.8 cm³/mol. The SMILES string of the molecule is O=C(NCC(F)(F)F)c1ccccc1F. The summed E-state index contributed by atoms with van der Waals surface area (Å²) < 4.78 is 48.1. The number of hydrogen-bond acceptors (Lipinski definition) is 1. The van der Waals surface area contributed by atoms with E-state index in [1.54, 1.807) is 5.32 Å². The lowest BCUT2D eigenvalue weighted by molar-refractivity contribution is -0.123. The summed E-state index contributed by atoms with van der Waals surface area (Å²) in [6.07, 6.45) is -4.50. The topological polar surface area (TPSA) is 29.1 Å². The van der Waals surface area contributed by atoms with Gasteiger partial charge in [-0.1, -0.05) is 12.1 Å². The highest BCUT2D eigenvalue weighted by atomic mass is 19.4. The van der Waals surface area contributed by atoms with Gasteiger partial charge in [-0.3, -0.25) is 4.79 Å². The average Bonchev–Trinajstić information content (AvgIpc) is 2.14. The van der Waals surface area contributed by atoms with Crippen molar-refractivity contribution in [2.45, 2.75) is 6.18 Å². The van der Waals surface area contributed by atoms with E-state index >= 15 is 0 Å². The van der Waals surface area contributed by atoms with Crippen LogP contribution in [0.15, 0.2) is 24.3 Å². The Kier molecular flexibility index (Phi) is 3.28. The van der Waals surface area contributed by atoms with Gasteiger partial charge in [0.05, 0.1) is 5.56 Å². The third-order valence-electron chi connectivity index (χ3n) is 1.57. The van der Waals surface area contributed by atoms with Gasteiger partial charge in [0.2, 0.25) is 0 Å². The number of amides is 1. The molecule has 15 heavy (non-hydrogen) atoms. The molecule has 0 saturated carbocycles. The fraction of sp³-hybridized carbons (Fsp3) is 0.222. The van der Waals surface area contributed by atoms with Crippen LogP contribution in [-0.4, -0.2) is 18.6 Å². The summed E-state index contributed by atoms with van der Waals surface area (Å²) >= 11 is 0. The Labute approximate surface area is 82.9 Å². The molecule has 0 spiro atoms. The van der Waals surface area contributed by atoms with E-state index in [9.17, 15) is 22.4 Å².